The molecule has 0 heterocycles. The maximum absolute atomic E-state index is 11.9. The Kier molecular flexibility index (Phi) is 7.61. The third-order valence-corrected chi connectivity index (χ3v) is 2.62. The predicted octanol–water partition coefficient (Wildman–Crippen LogP) is 2.29. The molecule has 1 aromatic rings. The topological polar surface area (TPSA) is 64.3 Å². The van der Waals surface area contributed by atoms with E-state index in [1.807, 2.05) is 52.0 Å². The van der Waals surface area contributed by atoms with Crippen LogP contribution in [0.25, 0.3) is 0 Å². The molecule has 1 amide bonds. The van der Waals surface area contributed by atoms with Crippen molar-refractivity contribution >= 4 is 18.3 Å². The van der Waals surface area contributed by atoms with Crippen LogP contribution in [0.5, 0.6) is 5.75 Å². The molecule has 3 N–H and O–H groups in total. The maximum atomic E-state index is 11.9. The van der Waals surface area contributed by atoms with E-state index in [0.29, 0.717) is 13.0 Å². The summed E-state index contributed by atoms with van der Waals surface area (Å²) in [5.74, 6) is 0.760. The third kappa shape index (κ3) is 6.78. The van der Waals surface area contributed by atoms with Crippen LogP contribution >= 0.6 is 12.4 Å². The maximum Gasteiger partial charge on any atom is 0.224 e. The Morgan fingerprint density at radius 1 is 1.40 bits per heavy atom. The molecule has 114 valence electrons. The van der Waals surface area contributed by atoms with E-state index in [9.17, 15) is 4.79 Å². The number of carbonyl (C=O) groups excluding carboxylic acids is 1. The van der Waals surface area contributed by atoms with Gasteiger partial charge in [0.15, 0.2) is 0 Å². The summed E-state index contributed by atoms with van der Waals surface area (Å²) in [6.07, 6.45) is 0.457. The second-order valence-electron chi connectivity index (χ2n) is 5.63. The van der Waals surface area contributed by atoms with Gasteiger partial charge in [-0.2, -0.15) is 0 Å². The summed E-state index contributed by atoms with van der Waals surface area (Å²) in [5.41, 5.74) is 6.15. The lowest BCUT2D eigenvalue weighted by atomic mass is 10.0. The lowest BCUT2D eigenvalue weighted by Gasteiger charge is -2.24. The van der Waals surface area contributed by atoms with Gasteiger partial charge in [-0.15, -0.1) is 12.4 Å². The Morgan fingerprint density at radius 3 is 2.60 bits per heavy atom. The summed E-state index contributed by atoms with van der Waals surface area (Å²) in [4.78, 5) is 11.9. The minimum absolute atomic E-state index is 0. The number of rotatable bonds is 6. The van der Waals surface area contributed by atoms with Gasteiger partial charge in [0, 0.05) is 12.1 Å². The second-order valence-corrected chi connectivity index (χ2v) is 5.63. The number of benzene rings is 1. The average Bonchev–Trinajstić information content (AvgIpc) is 2.27. The minimum Gasteiger partial charge on any atom is -0.491 e. The highest BCUT2D eigenvalue weighted by atomic mass is 35.5. The number of hydrogen-bond donors (Lipinski definition) is 2. The molecule has 0 fully saturated rings. The van der Waals surface area contributed by atoms with E-state index in [0.717, 1.165) is 11.3 Å². The molecule has 0 spiro atoms. The van der Waals surface area contributed by atoms with Gasteiger partial charge in [-0.1, -0.05) is 12.1 Å². The Balaban J connectivity index is 0.00000361. The first-order valence-electron chi connectivity index (χ1n) is 6.59. The van der Waals surface area contributed by atoms with E-state index >= 15 is 0 Å². The van der Waals surface area contributed by atoms with Crippen LogP contribution in [0.1, 0.15) is 33.3 Å². The lowest BCUT2D eigenvalue weighted by molar-refractivity contribution is -0.121. The molecule has 0 saturated carbocycles. The van der Waals surface area contributed by atoms with Crippen molar-refractivity contribution in [2.45, 2.75) is 45.8 Å². The molecule has 20 heavy (non-hydrogen) atoms. The highest BCUT2D eigenvalue weighted by Crippen LogP contribution is 2.15. The van der Waals surface area contributed by atoms with Gasteiger partial charge in [-0.05, 0) is 45.4 Å². The molecule has 0 atom stereocenters. The van der Waals surface area contributed by atoms with Crippen molar-refractivity contribution in [2.75, 3.05) is 6.54 Å². The van der Waals surface area contributed by atoms with Crippen molar-refractivity contribution in [2.24, 2.45) is 5.73 Å². The molecule has 1 rings (SSSR count). The van der Waals surface area contributed by atoms with E-state index in [4.69, 9.17) is 10.5 Å². The Bertz CT molecular complexity index is 434. The molecular formula is C15H25ClN2O2. The van der Waals surface area contributed by atoms with Gasteiger partial charge in [-0.3, -0.25) is 4.79 Å². The molecule has 0 aliphatic rings. The summed E-state index contributed by atoms with van der Waals surface area (Å²) >= 11 is 0. The number of nitrogens with one attached hydrogen (secondary N) is 1. The van der Waals surface area contributed by atoms with E-state index in [-0.39, 0.29) is 30.0 Å². The van der Waals surface area contributed by atoms with Gasteiger partial charge >= 0.3 is 0 Å². The largest absolute Gasteiger partial charge is 0.491 e. The number of hydrogen-bond acceptors (Lipinski definition) is 3. The molecule has 0 unspecified atom stereocenters. The number of halogens is 1. The van der Waals surface area contributed by atoms with Crippen molar-refractivity contribution in [3.05, 3.63) is 29.8 Å². The number of nitrogens with two attached hydrogens (primary N) is 1. The zero-order valence-electron chi connectivity index (χ0n) is 12.6. The SMILES string of the molecule is CC(C)Oc1cccc(CC(=O)NC(C)(C)CN)c1.Cl. The Hall–Kier alpha value is -1.26. The van der Waals surface area contributed by atoms with Crippen molar-refractivity contribution in [3.8, 4) is 5.75 Å². The van der Waals surface area contributed by atoms with E-state index in [2.05, 4.69) is 5.32 Å². The summed E-state index contributed by atoms with van der Waals surface area (Å²) in [5, 5.41) is 2.91. The van der Waals surface area contributed by atoms with Crippen molar-refractivity contribution in [1.82, 2.24) is 5.32 Å². The Morgan fingerprint density at radius 2 is 2.05 bits per heavy atom. The third-order valence-electron chi connectivity index (χ3n) is 2.62. The molecule has 0 saturated heterocycles. The fraction of sp³-hybridized carbons (Fsp3) is 0.533. The van der Waals surface area contributed by atoms with Crippen LogP contribution in [-0.2, 0) is 11.2 Å². The van der Waals surface area contributed by atoms with Gasteiger partial charge in [0.25, 0.3) is 0 Å². The highest BCUT2D eigenvalue weighted by molar-refractivity contribution is 5.85. The summed E-state index contributed by atoms with van der Waals surface area (Å²) in [7, 11) is 0. The first kappa shape index (κ1) is 18.7. The molecule has 0 aliphatic heterocycles. The van der Waals surface area contributed by atoms with Crippen molar-refractivity contribution in [3.63, 3.8) is 0 Å². The molecular weight excluding hydrogens is 276 g/mol. The smallest absolute Gasteiger partial charge is 0.224 e. The molecule has 0 radical (unpaired) electrons. The molecule has 0 bridgehead atoms. The fourth-order valence-corrected chi connectivity index (χ4v) is 1.66. The zero-order chi connectivity index (χ0) is 14.5. The van der Waals surface area contributed by atoms with Gasteiger partial charge in [-0.25, -0.2) is 0 Å². The highest BCUT2D eigenvalue weighted by Gasteiger charge is 2.18. The van der Waals surface area contributed by atoms with Crippen LogP contribution in [0.15, 0.2) is 24.3 Å². The second kappa shape index (κ2) is 8.12. The lowest BCUT2D eigenvalue weighted by Crippen LogP contribution is -2.49. The molecule has 1 aromatic carbocycles. The van der Waals surface area contributed by atoms with Crippen LogP contribution in [-0.4, -0.2) is 24.1 Å². The molecule has 4 nitrogen and oxygen atoms in total. The monoisotopic (exact) mass is 300 g/mol. The van der Waals surface area contributed by atoms with Crippen LogP contribution < -0.4 is 15.8 Å². The summed E-state index contributed by atoms with van der Waals surface area (Å²) in [6, 6.07) is 7.61. The van der Waals surface area contributed by atoms with Crippen LogP contribution in [0, 0.1) is 0 Å². The van der Waals surface area contributed by atoms with Crippen molar-refractivity contribution in [1.29, 1.82) is 0 Å². The predicted molar refractivity (Wildman–Crippen MR) is 84.4 cm³/mol. The molecule has 5 heteroatoms. The van der Waals surface area contributed by atoms with Crippen LogP contribution in [0.3, 0.4) is 0 Å². The number of amides is 1. The van der Waals surface area contributed by atoms with Gasteiger partial charge in [0.2, 0.25) is 5.91 Å². The Labute approximate surface area is 127 Å². The van der Waals surface area contributed by atoms with Crippen molar-refractivity contribution < 1.29 is 9.53 Å². The normalized spacial score (nSPS) is 10.9. The first-order valence-corrected chi connectivity index (χ1v) is 6.59. The summed E-state index contributed by atoms with van der Waals surface area (Å²) in [6.45, 7) is 8.17. The van der Waals surface area contributed by atoms with E-state index in [1.165, 1.54) is 0 Å². The van der Waals surface area contributed by atoms with Crippen LogP contribution in [0.4, 0.5) is 0 Å². The van der Waals surface area contributed by atoms with Gasteiger partial charge < -0.3 is 15.8 Å². The number of ether oxygens (including phenoxy) is 1. The standard InChI is InChI=1S/C15H24N2O2.ClH/c1-11(2)19-13-7-5-6-12(8-13)9-14(18)17-15(3,4)10-16;/h5-8,11H,9-10,16H2,1-4H3,(H,17,18);1H. The number of carbonyl (C=O) groups is 1. The quantitative estimate of drug-likeness (QED) is 0.847. The summed E-state index contributed by atoms with van der Waals surface area (Å²) < 4.78 is 5.61. The first-order chi connectivity index (χ1) is 8.82. The molecule has 0 aliphatic carbocycles. The molecule has 0 aromatic heterocycles. The van der Waals surface area contributed by atoms with E-state index < -0.39 is 0 Å². The van der Waals surface area contributed by atoms with Gasteiger partial charge in [0.05, 0.1) is 12.5 Å². The fourth-order valence-electron chi connectivity index (χ4n) is 1.66. The van der Waals surface area contributed by atoms with Crippen LogP contribution in [0.2, 0.25) is 0 Å². The van der Waals surface area contributed by atoms with E-state index in [1.54, 1.807) is 0 Å². The minimum atomic E-state index is -0.372. The van der Waals surface area contributed by atoms with Gasteiger partial charge in [0.1, 0.15) is 5.75 Å². The zero-order valence-corrected chi connectivity index (χ0v) is 13.4. The average molecular weight is 301 g/mol.